The maximum Gasteiger partial charge on any atom is 0.151 e. The lowest BCUT2D eigenvalue weighted by molar-refractivity contribution is 1.13. The second-order valence-electron chi connectivity index (χ2n) is 2.64. The van der Waals surface area contributed by atoms with E-state index >= 15 is 0 Å². The molecule has 1 rings (SSSR count). The number of rotatable bonds is 3. The van der Waals surface area contributed by atoms with Crippen LogP contribution in [0, 0.1) is 16.7 Å². The highest BCUT2D eigenvalue weighted by atomic mass is 32.2. The van der Waals surface area contributed by atoms with Crippen LogP contribution in [0.2, 0.25) is 0 Å². The average Bonchev–Trinajstić information content (AvgIpc) is 2.16. The Morgan fingerprint density at radius 3 is 3.14 bits per heavy atom. The van der Waals surface area contributed by atoms with E-state index in [2.05, 4.69) is 11.1 Å². The van der Waals surface area contributed by atoms with Gasteiger partial charge >= 0.3 is 0 Å². The lowest BCUT2D eigenvalue weighted by Gasteiger charge is -2.00. The molecule has 0 aromatic carbocycles. The first-order valence-corrected chi connectivity index (χ1v) is 4.98. The van der Waals surface area contributed by atoms with Crippen molar-refractivity contribution in [1.29, 1.82) is 10.7 Å². The van der Waals surface area contributed by atoms with Crippen LogP contribution in [0.5, 0.6) is 0 Å². The van der Waals surface area contributed by atoms with Crippen LogP contribution >= 0.6 is 11.8 Å². The van der Waals surface area contributed by atoms with Crippen LogP contribution in [0.15, 0.2) is 18.3 Å². The number of hydrogen-bond donors (Lipinski definition) is 2. The van der Waals surface area contributed by atoms with Gasteiger partial charge in [0.15, 0.2) is 5.17 Å². The third kappa shape index (κ3) is 3.46. The minimum absolute atomic E-state index is 0.0810. The summed E-state index contributed by atoms with van der Waals surface area (Å²) in [6.45, 7) is 0. The zero-order valence-electron chi connectivity index (χ0n) is 7.53. The van der Waals surface area contributed by atoms with Crippen molar-refractivity contribution in [2.24, 2.45) is 5.73 Å². The molecule has 0 aliphatic heterocycles. The molecule has 1 aromatic heterocycles. The Morgan fingerprint density at radius 1 is 1.71 bits per heavy atom. The van der Waals surface area contributed by atoms with E-state index in [1.807, 2.05) is 12.1 Å². The number of hydrogen-bond acceptors (Lipinski definition) is 4. The van der Waals surface area contributed by atoms with Crippen LogP contribution in [0.25, 0.3) is 0 Å². The Labute approximate surface area is 86.7 Å². The number of nitriles is 1. The van der Waals surface area contributed by atoms with E-state index < -0.39 is 0 Å². The third-order valence-electron chi connectivity index (χ3n) is 1.54. The number of nitrogens with zero attached hydrogens (tertiary/aromatic N) is 2. The maximum absolute atomic E-state index is 8.50. The molecule has 0 unspecified atom stereocenters. The van der Waals surface area contributed by atoms with Gasteiger partial charge in [0.05, 0.1) is 18.2 Å². The molecule has 0 saturated heterocycles. The fourth-order valence-electron chi connectivity index (χ4n) is 0.960. The predicted octanol–water partition coefficient (Wildman–Crippen LogP) is 1.27. The number of nitrogens with one attached hydrogen (secondary N) is 1. The van der Waals surface area contributed by atoms with Gasteiger partial charge in [0.2, 0.25) is 0 Å². The summed E-state index contributed by atoms with van der Waals surface area (Å²) in [6.07, 6.45) is 2.06. The van der Waals surface area contributed by atoms with Crippen molar-refractivity contribution in [1.82, 2.24) is 4.98 Å². The summed E-state index contributed by atoms with van der Waals surface area (Å²) in [5.74, 6) is 0.578. The smallest absolute Gasteiger partial charge is 0.151 e. The molecule has 5 heteroatoms. The Bertz CT molecular complexity index is 369. The molecule has 0 amide bonds. The molecule has 14 heavy (non-hydrogen) atoms. The van der Waals surface area contributed by atoms with Crippen LogP contribution in [0.1, 0.15) is 11.3 Å². The Morgan fingerprint density at radius 2 is 2.50 bits per heavy atom. The summed E-state index contributed by atoms with van der Waals surface area (Å²) < 4.78 is 0. The van der Waals surface area contributed by atoms with Crippen LogP contribution in [-0.4, -0.2) is 10.2 Å². The molecule has 0 bridgehead atoms. The van der Waals surface area contributed by atoms with E-state index in [4.69, 9.17) is 16.4 Å². The van der Waals surface area contributed by atoms with Gasteiger partial charge in [0.1, 0.15) is 0 Å². The van der Waals surface area contributed by atoms with Crippen LogP contribution in [0.3, 0.4) is 0 Å². The van der Waals surface area contributed by atoms with Gasteiger partial charge in [0.25, 0.3) is 0 Å². The predicted molar refractivity (Wildman–Crippen MR) is 56.8 cm³/mol. The van der Waals surface area contributed by atoms with Crippen molar-refractivity contribution in [3.05, 3.63) is 29.6 Å². The second kappa shape index (κ2) is 5.25. The molecule has 0 spiro atoms. The molecule has 0 saturated carbocycles. The molecular weight excluding hydrogens is 196 g/mol. The SMILES string of the molecule is N#CCc1ccnc(CSC(=N)N)c1. The van der Waals surface area contributed by atoms with Crippen molar-refractivity contribution in [2.45, 2.75) is 12.2 Å². The topological polar surface area (TPSA) is 86.5 Å². The van der Waals surface area contributed by atoms with Gasteiger partial charge in [-0.1, -0.05) is 11.8 Å². The molecule has 72 valence electrons. The van der Waals surface area contributed by atoms with E-state index in [1.54, 1.807) is 6.20 Å². The van der Waals surface area contributed by atoms with Gasteiger partial charge in [-0.15, -0.1) is 0 Å². The van der Waals surface area contributed by atoms with Gasteiger partial charge in [-0.3, -0.25) is 10.4 Å². The zero-order chi connectivity index (χ0) is 10.4. The van der Waals surface area contributed by atoms with E-state index in [0.717, 1.165) is 11.3 Å². The van der Waals surface area contributed by atoms with Crippen molar-refractivity contribution in [3.8, 4) is 6.07 Å². The Balaban J connectivity index is 2.64. The Hall–Kier alpha value is -1.54. The molecule has 0 aliphatic rings. The van der Waals surface area contributed by atoms with Gasteiger partial charge in [-0.2, -0.15) is 5.26 Å². The molecule has 1 heterocycles. The number of aromatic nitrogens is 1. The normalized spacial score (nSPS) is 9.36. The standard InChI is InChI=1S/C9H10N4S/c10-3-1-7-2-4-13-8(5-7)6-14-9(11)12/h2,4-5H,1,6H2,(H3,11,12). The minimum atomic E-state index is 0.0810. The van der Waals surface area contributed by atoms with E-state index in [-0.39, 0.29) is 5.17 Å². The highest BCUT2D eigenvalue weighted by molar-refractivity contribution is 8.13. The number of pyridine rings is 1. The lowest BCUT2D eigenvalue weighted by Crippen LogP contribution is -2.04. The summed E-state index contributed by atoms with van der Waals surface area (Å²) >= 11 is 1.23. The largest absolute Gasteiger partial charge is 0.379 e. The molecule has 4 nitrogen and oxygen atoms in total. The van der Waals surface area contributed by atoms with Gasteiger partial charge in [-0.05, 0) is 17.7 Å². The fraction of sp³-hybridized carbons (Fsp3) is 0.222. The fourth-order valence-corrected chi connectivity index (χ4v) is 1.42. The summed E-state index contributed by atoms with van der Waals surface area (Å²) in [7, 11) is 0. The van der Waals surface area contributed by atoms with E-state index in [0.29, 0.717) is 12.2 Å². The van der Waals surface area contributed by atoms with Gasteiger partial charge < -0.3 is 5.73 Å². The summed E-state index contributed by atoms with van der Waals surface area (Å²) in [4.78, 5) is 4.11. The highest BCUT2D eigenvalue weighted by Gasteiger charge is 1.98. The first kappa shape index (κ1) is 10.5. The van der Waals surface area contributed by atoms with E-state index in [9.17, 15) is 0 Å². The number of nitrogens with two attached hydrogens (primary N) is 1. The quantitative estimate of drug-likeness (QED) is 0.576. The number of thioether (sulfide) groups is 1. The first-order chi connectivity index (χ1) is 6.72. The molecule has 0 aliphatic carbocycles. The van der Waals surface area contributed by atoms with E-state index in [1.165, 1.54) is 11.8 Å². The maximum atomic E-state index is 8.50. The van der Waals surface area contributed by atoms with Crippen LogP contribution < -0.4 is 5.73 Å². The van der Waals surface area contributed by atoms with Crippen molar-refractivity contribution in [3.63, 3.8) is 0 Å². The zero-order valence-corrected chi connectivity index (χ0v) is 8.34. The molecule has 0 radical (unpaired) electrons. The van der Waals surface area contributed by atoms with Crippen molar-refractivity contribution in [2.75, 3.05) is 0 Å². The summed E-state index contributed by atoms with van der Waals surface area (Å²) in [5, 5.41) is 15.6. The second-order valence-corrected chi connectivity index (χ2v) is 3.66. The van der Waals surface area contributed by atoms with Gasteiger partial charge in [0, 0.05) is 11.9 Å². The van der Waals surface area contributed by atoms with Crippen molar-refractivity contribution < 1.29 is 0 Å². The summed E-state index contributed by atoms with van der Waals surface area (Å²) in [6, 6.07) is 5.75. The molecular formula is C9H10N4S. The van der Waals surface area contributed by atoms with Crippen LogP contribution in [0.4, 0.5) is 0 Å². The van der Waals surface area contributed by atoms with Crippen LogP contribution in [-0.2, 0) is 12.2 Å². The third-order valence-corrected chi connectivity index (χ3v) is 2.29. The molecule has 1 aromatic rings. The molecule has 0 fully saturated rings. The molecule has 3 N–H and O–H groups in total. The Kier molecular flexibility index (Phi) is 3.95. The molecule has 0 atom stereocenters. The number of amidine groups is 1. The monoisotopic (exact) mass is 206 g/mol. The van der Waals surface area contributed by atoms with Crippen molar-refractivity contribution >= 4 is 16.9 Å². The minimum Gasteiger partial charge on any atom is -0.379 e. The van der Waals surface area contributed by atoms with Gasteiger partial charge in [-0.25, -0.2) is 0 Å². The summed E-state index contributed by atoms with van der Waals surface area (Å²) in [5.41, 5.74) is 6.99. The first-order valence-electron chi connectivity index (χ1n) is 4.00. The average molecular weight is 206 g/mol. The lowest BCUT2D eigenvalue weighted by atomic mass is 10.2. The highest BCUT2D eigenvalue weighted by Crippen LogP contribution is 2.10.